The van der Waals surface area contributed by atoms with Crippen molar-refractivity contribution in [3.05, 3.63) is 39.9 Å². The molecule has 5 nitrogen and oxygen atoms in total. The summed E-state index contributed by atoms with van der Waals surface area (Å²) in [5.74, 6) is -0.307. The molecular weight excluding hydrogens is 264 g/mol. The Kier molecular flexibility index (Phi) is 4.23. The Bertz CT molecular complexity index is 381. The normalized spacial score (nSPS) is 9.67. The smallest absolute Gasteiger partial charge is 0.270 e. The quantitative estimate of drug-likeness (QED) is 0.515. The summed E-state index contributed by atoms with van der Waals surface area (Å²) in [6.07, 6.45) is 0. The molecular formula is C9H9BrN2O3. The van der Waals surface area contributed by atoms with Gasteiger partial charge in [0.2, 0.25) is 0 Å². The van der Waals surface area contributed by atoms with Crippen molar-refractivity contribution in [3.63, 3.8) is 0 Å². The van der Waals surface area contributed by atoms with Gasteiger partial charge in [-0.2, -0.15) is 0 Å². The van der Waals surface area contributed by atoms with E-state index in [4.69, 9.17) is 0 Å². The summed E-state index contributed by atoms with van der Waals surface area (Å²) in [5.41, 5.74) is 0.214. The van der Waals surface area contributed by atoms with Crippen molar-refractivity contribution in [2.45, 2.75) is 0 Å². The summed E-state index contributed by atoms with van der Waals surface area (Å²) in [5, 5.41) is 13.7. The first-order valence-corrected chi connectivity index (χ1v) is 5.36. The van der Waals surface area contributed by atoms with Gasteiger partial charge in [-0.3, -0.25) is 14.9 Å². The Balaban J connectivity index is 2.81. The number of non-ortho nitro benzene ring substituents is 1. The number of alkyl halides is 1. The van der Waals surface area contributed by atoms with Gasteiger partial charge < -0.3 is 5.32 Å². The van der Waals surface area contributed by atoms with E-state index in [1.54, 1.807) is 0 Å². The molecule has 0 spiro atoms. The molecule has 0 aliphatic rings. The lowest BCUT2D eigenvalue weighted by atomic mass is 10.2. The van der Waals surface area contributed by atoms with Crippen molar-refractivity contribution < 1.29 is 9.72 Å². The van der Waals surface area contributed by atoms with Crippen LogP contribution in [-0.4, -0.2) is 22.7 Å². The zero-order valence-electron chi connectivity index (χ0n) is 7.77. The first-order chi connectivity index (χ1) is 7.15. The van der Waals surface area contributed by atoms with Gasteiger partial charge in [-0.25, -0.2) is 0 Å². The molecule has 0 radical (unpaired) electrons. The van der Waals surface area contributed by atoms with E-state index >= 15 is 0 Å². The lowest BCUT2D eigenvalue weighted by Crippen LogP contribution is -2.25. The minimum absolute atomic E-state index is 0.0820. The van der Waals surface area contributed by atoms with Crippen molar-refractivity contribution >= 4 is 27.5 Å². The highest BCUT2D eigenvalue weighted by atomic mass is 79.9. The van der Waals surface area contributed by atoms with Gasteiger partial charge >= 0.3 is 0 Å². The molecule has 15 heavy (non-hydrogen) atoms. The summed E-state index contributed by atoms with van der Waals surface area (Å²) < 4.78 is 0. The largest absolute Gasteiger partial charge is 0.351 e. The average Bonchev–Trinajstić information content (AvgIpc) is 2.26. The van der Waals surface area contributed by atoms with Gasteiger partial charge in [-0.1, -0.05) is 22.0 Å². The Morgan fingerprint density at radius 3 is 2.87 bits per heavy atom. The molecule has 0 fully saturated rings. The van der Waals surface area contributed by atoms with Gasteiger partial charge in [0.25, 0.3) is 11.6 Å². The van der Waals surface area contributed by atoms with E-state index < -0.39 is 4.92 Å². The van der Waals surface area contributed by atoms with Crippen LogP contribution in [0, 0.1) is 10.1 Å². The van der Waals surface area contributed by atoms with E-state index in [1.807, 2.05) is 0 Å². The number of nitrogens with one attached hydrogen (secondary N) is 1. The third-order valence-corrected chi connectivity index (χ3v) is 2.10. The first kappa shape index (κ1) is 11.6. The molecule has 0 bridgehead atoms. The number of hydrogen-bond donors (Lipinski definition) is 1. The lowest BCUT2D eigenvalue weighted by molar-refractivity contribution is -0.384. The molecule has 0 aromatic heterocycles. The third-order valence-electron chi connectivity index (χ3n) is 1.70. The molecule has 80 valence electrons. The second kappa shape index (κ2) is 5.45. The number of nitro benzene ring substituents is 1. The molecule has 0 saturated heterocycles. The molecule has 1 aromatic carbocycles. The number of carbonyl (C=O) groups is 1. The molecule has 0 unspecified atom stereocenters. The van der Waals surface area contributed by atoms with Crippen LogP contribution >= 0.6 is 15.9 Å². The number of nitro groups is 1. The minimum Gasteiger partial charge on any atom is -0.351 e. The standard InChI is InChI=1S/C9H9BrN2O3/c10-4-5-11-9(13)7-2-1-3-8(6-7)12(14)15/h1-3,6H,4-5H2,(H,11,13). The highest BCUT2D eigenvalue weighted by Crippen LogP contribution is 2.12. The summed E-state index contributed by atoms with van der Waals surface area (Å²) >= 11 is 3.17. The molecule has 6 heteroatoms. The Morgan fingerprint density at radius 1 is 1.53 bits per heavy atom. The van der Waals surface area contributed by atoms with Crippen LogP contribution in [0.3, 0.4) is 0 Å². The Labute approximate surface area is 94.8 Å². The summed E-state index contributed by atoms with van der Waals surface area (Å²) in [7, 11) is 0. The van der Waals surface area contributed by atoms with Gasteiger partial charge in [0.1, 0.15) is 0 Å². The fourth-order valence-electron chi connectivity index (χ4n) is 1.02. The van der Waals surface area contributed by atoms with E-state index in [0.717, 1.165) is 0 Å². The summed E-state index contributed by atoms with van der Waals surface area (Å²) in [6.45, 7) is 0.488. The molecule has 1 N–H and O–H groups in total. The highest BCUT2D eigenvalue weighted by molar-refractivity contribution is 9.09. The molecule has 1 amide bonds. The van der Waals surface area contributed by atoms with Gasteiger partial charge in [0.15, 0.2) is 0 Å². The predicted octanol–water partition coefficient (Wildman–Crippen LogP) is 1.72. The van der Waals surface area contributed by atoms with Crippen molar-refractivity contribution in [2.75, 3.05) is 11.9 Å². The second-order valence-corrected chi connectivity index (χ2v) is 3.55. The van der Waals surface area contributed by atoms with Crippen LogP contribution in [0.2, 0.25) is 0 Å². The maximum absolute atomic E-state index is 11.4. The number of hydrogen-bond acceptors (Lipinski definition) is 3. The molecule has 0 heterocycles. The fraction of sp³-hybridized carbons (Fsp3) is 0.222. The van der Waals surface area contributed by atoms with Crippen LogP contribution in [0.4, 0.5) is 5.69 Å². The first-order valence-electron chi connectivity index (χ1n) is 4.24. The average molecular weight is 273 g/mol. The maximum atomic E-state index is 11.4. The van der Waals surface area contributed by atoms with Crippen LogP contribution in [0.25, 0.3) is 0 Å². The Morgan fingerprint density at radius 2 is 2.27 bits per heavy atom. The lowest BCUT2D eigenvalue weighted by Gasteiger charge is -2.02. The minimum atomic E-state index is -0.527. The van der Waals surface area contributed by atoms with E-state index in [0.29, 0.717) is 17.4 Å². The third kappa shape index (κ3) is 3.32. The summed E-state index contributed by atoms with van der Waals surface area (Å²) in [6, 6.07) is 5.63. The van der Waals surface area contributed by atoms with E-state index in [2.05, 4.69) is 21.2 Å². The zero-order valence-corrected chi connectivity index (χ0v) is 9.36. The van der Waals surface area contributed by atoms with Crippen LogP contribution < -0.4 is 5.32 Å². The number of rotatable bonds is 4. The van der Waals surface area contributed by atoms with Crippen LogP contribution in [0.15, 0.2) is 24.3 Å². The zero-order chi connectivity index (χ0) is 11.3. The molecule has 1 aromatic rings. The van der Waals surface area contributed by atoms with Gasteiger partial charge in [0.05, 0.1) is 4.92 Å². The SMILES string of the molecule is O=C(NCCBr)c1cccc([N+](=O)[O-])c1. The van der Waals surface area contributed by atoms with Gasteiger partial charge in [-0.15, -0.1) is 0 Å². The fourth-order valence-corrected chi connectivity index (χ4v) is 1.22. The number of benzene rings is 1. The molecule has 0 aliphatic carbocycles. The van der Waals surface area contributed by atoms with Crippen molar-refractivity contribution in [3.8, 4) is 0 Å². The Hall–Kier alpha value is -1.43. The predicted molar refractivity (Wildman–Crippen MR) is 59.2 cm³/mol. The van der Waals surface area contributed by atoms with Crippen molar-refractivity contribution in [1.29, 1.82) is 0 Å². The van der Waals surface area contributed by atoms with Gasteiger partial charge in [0, 0.05) is 29.6 Å². The van der Waals surface area contributed by atoms with E-state index in [1.165, 1.54) is 24.3 Å². The molecule has 0 saturated carbocycles. The van der Waals surface area contributed by atoms with Crippen LogP contribution in [-0.2, 0) is 0 Å². The highest BCUT2D eigenvalue weighted by Gasteiger charge is 2.10. The van der Waals surface area contributed by atoms with E-state index in [9.17, 15) is 14.9 Å². The number of carbonyl (C=O) groups excluding carboxylic acids is 1. The van der Waals surface area contributed by atoms with Crippen LogP contribution in [0.5, 0.6) is 0 Å². The van der Waals surface area contributed by atoms with Gasteiger partial charge in [-0.05, 0) is 6.07 Å². The molecule has 1 rings (SSSR count). The number of halogens is 1. The maximum Gasteiger partial charge on any atom is 0.270 e. The monoisotopic (exact) mass is 272 g/mol. The summed E-state index contributed by atoms with van der Waals surface area (Å²) in [4.78, 5) is 21.4. The van der Waals surface area contributed by atoms with Crippen molar-refractivity contribution in [2.24, 2.45) is 0 Å². The topological polar surface area (TPSA) is 72.2 Å². The molecule has 0 aliphatic heterocycles. The van der Waals surface area contributed by atoms with Crippen LogP contribution in [0.1, 0.15) is 10.4 Å². The second-order valence-electron chi connectivity index (χ2n) is 2.75. The number of nitrogens with zero attached hydrogens (tertiary/aromatic N) is 1. The molecule has 0 atom stereocenters. The van der Waals surface area contributed by atoms with Crippen molar-refractivity contribution in [1.82, 2.24) is 5.32 Å². The number of amides is 1. The van der Waals surface area contributed by atoms with E-state index in [-0.39, 0.29) is 11.6 Å².